The number of methoxy groups -OCH3 is 1. The lowest BCUT2D eigenvalue weighted by Crippen LogP contribution is -2.54. The fourth-order valence-corrected chi connectivity index (χ4v) is 9.38. The normalized spacial score (nSPS) is 40.8. The van der Waals surface area contributed by atoms with Crippen molar-refractivity contribution in [3.63, 3.8) is 0 Å². The van der Waals surface area contributed by atoms with Crippen LogP contribution in [0.3, 0.4) is 0 Å². The van der Waals surface area contributed by atoms with Crippen molar-refractivity contribution in [2.45, 2.75) is 156 Å². The van der Waals surface area contributed by atoms with Crippen molar-refractivity contribution in [3.05, 3.63) is 46.1 Å². The number of carbonyl (C=O) groups is 5. The monoisotopic (exact) mass is 720 g/mol. The predicted octanol–water partition coefficient (Wildman–Crippen LogP) is 7.70. The molecule has 0 amide bonds. The highest BCUT2D eigenvalue weighted by Crippen LogP contribution is 2.57. The molecule has 52 heavy (non-hydrogen) atoms. The smallest absolute Gasteiger partial charge is 0.313 e. The van der Waals surface area contributed by atoms with Crippen LogP contribution in [0.5, 0.6) is 0 Å². The highest BCUT2D eigenvalue weighted by atomic mass is 16.6. The SMILES string of the molecule is COC(=O)[C@@]12CC(=O)[C@@H](C(C)C)CC(=O)/C(C)=C/CC/C(C)=C/C(=O)[C@@H]1CC(C)=C1[C@@H](OC(C)=O)C[C@@]3(C)O[C@@H]3CC[C@]3(C)O[C@@H]3CC/C(C)=C/[C@H]12. The molecule has 2 heterocycles. The van der Waals surface area contributed by atoms with Gasteiger partial charge in [0.2, 0.25) is 0 Å². The number of fused-ring (bicyclic) bond motifs is 5. The highest BCUT2D eigenvalue weighted by Gasteiger charge is 2.62. The van der Waals surface area contributed by atoms with Gasteiger partial charge in [0.05, 0.1) is 35.9 Å². The van der Waals surface area contributed by atoms with Crippen LogP contribution in [0, 0.1) is 29.1 Å². The van der Waals surface area contributed by atoms with Crippen LogP contribution in [-0.4, -0.2) is 65.9 Å². The first-order chi connectivity index (χ1) is 24.3. The molecule has 0 aromatic heterocycles. The minimum Gasteiger partial charge on any atom is -0.469 e. The number of rotatable bonds is 3. The van der Waals surface area contributed by atoms with E-state index in [1.54, 1.807) is 13.0 Å². The lowest BCUT2D eigenvalue weighted by Gasteiger charge is -2.49. The second-order valence-corrected chi connectivity index (χ2v) is 17.2. The van der Waals surface area contributed by atoms with E-state index < -0.39 is 46.8 Å². The van der Waals surface area contributed by atoms with Gasteiger partial charge in [-0.15, -0.1) is 0 Å². The summed E-state index contributed by atoms with van der Waals surface area (Å²) >= 11 is 0. The zero-order valence-corrected chi connectivity index (χ0v) is 33.0. The molecule has 0 aromatic carbocycles. The number of ether oxygens (including phenoxy) is 4. The van der Waals surface area contributed by atoms with E-state index in [4.69, 9.17) is 18.9 Å². The summed E-state index contributed by atoms with van der Waals surface area (Å²) in [4.78, 5) is 70.7. The van der Waals surface area contributed by atoms with Gasteiger partial charge in [0.15, 0.2) is 11.6 Å². The molecule has 5 rings (SSSR count). The van der Waals surface area contributed by atoms with Crippen molar-refractivity contribution >= 4 is 29.3 Å². The summed E-state index contributed by atoms with van der Waals surface area (Å²) in [6.45, 7) is 17.0. The minimum absolute atomic E-state index is 0.0120. The Morgan fingerprint density at radius 1 is 0.923 bits per heavy atom. The molecular weight excluding hydrogens is 660 g/mol. The van der Waals surface area contributed by atoms with E-state index in [0.29, 0.717) is 31.3 Å². The first-order valence-corrected chi connectivity index (χ1v) is 19.3. The largest absolute Gasteiger partial charge is 0.469 e. The molecule has 0 N–H and O–H groups in total. The van der Waals surface area contributed by atoms with Crippen molar-refractivity contribution in [1.82, 2.24) is 0 Å². The van der Waals surface area contributed by atoms with Gasteiger partial charge in [0.1, 0.15) is 11.9 Å². The number of allylic oxidation sites excluding steroid dienone is 7. The van der Waals surface area contributed by atoms with E-state index in [1.807, 2.05) is 53.7 Å². The van der Waals surface area contributed by atoms with Crippen LogP contribution in [-0.2, 0) is 42.9 Å². The standard InChI is InChI=1S/C43H60O9/c1-24(2)30-21-33(45)27(5)13-11-12-25(3)19-34(46)31-20-28(6)39-32(43(31,22-35(30)47)40(48)49-10)18-26(4)14-15-37-41(8,51-37)17-16-38-42(9,52-38)23-36(39)50-29(7)44/h13,18-19,24,30-32,36-38H,11-12,14-17,20-23H2,1-10H3/b25-19+,26-18+,27-13+/t30-,31+,32-,36+,37-,38-,41+,42-,43+/m1/s1. The van der Waals surface area contributed by atoms with E-state index >= 15 is 0 Å². The second kappa shape index (κ2) is 15.3. The topological polar surface area (TPSA) is 129 Å². The Labute approximate surface area is 310 Å². The average molecular weight is 721 g/mol. The van der Waals surface area contributed by atoms with Gasteiger partial charge >= 0.3 is 11.9 Å². The third-order valence-corrected chi connectivity index (χ3v) is 12.8. The number of epoxide rings is 2. The third-order valence-electron chi connectivity index (χ3n) is 12.8. The van der Waals surface area contributed by atoms with Gasteiger partial charge in [-0.25, -0.2) is 0 Å². The molecule has 0 bridgehead atoms. The summed E-state index contributed by atoms with van der Waals surface area (Å²) in [5, 5.41) is 0. The molecule has 0 aromatic rings. The summed E-state index contributed by atoms with van der Waals surface area (Å²) in [5.74, 6) is -4.36. The number of carbonyl (C=O) groups excluding carboxylic acids is 5. The minimum atomic E-state index is -1.67. The van der Waals surface area contributed by atoms with Crippen molar-refractivity contribution in [2.24, 2.45) is 29.1 Å². The third kappa shape index (κ3) is 8.15. The molecule has 9 nitrogen and oxygen atoms in total. The molecule has 2 fully saturated rings. The molecule has 2 aliphatic heterocycles. The second-order valence-electron chi connectivity index (χ2n) is 17.2. The maximum Gasteiger partial charge on any atom is 0.313 e. The van der Waals surface area contributed by atoms with Crippen molar-refractivity contribution < 1.29 is 42.9 Å². The Balaban J connectivity index is 1.77. The zero-order valence-electron chi connectivity index (χ0n) is 33.0. The summed E-state index contributed by atoms with van der Waals surface area (Å²) in [7, 11) is 1.30. The molecule has 0 saturated carbocycles. The Morgan fingerprint density at radius 3 is 2.25 bits per heavy atom. The Kier molecular flexibility index (Phi) is 11.8. The summed E-state index contributed by atoms with van der Waals surface area (Å²) in [6, 6.07) is 0. The first kappa shape index (κ1) is 40.0. The fraction of sp³-hybridized carbons (Fsp3) is 0.698. The molecule has 286 valence electrons. The quantitative estimate of drug-likeness (QED) is 0.164. The Bertz CT molecular complexity index is 1610. The molecular formula is C43H60O9. The number of Topliss-reactive ketones (excluding diaryl/α,β-unsaturated/α-hetero) is 2. The van der Waals surface area contributed by atoms with Gasteiger partial charge in [0.25, 0.3) is 0 Å². The fourth-order valence-electron chi connectivity index (χ4n) is 9.38. The van der Waals surface area contributed by atoms with E-state index in [2.05, 4.69) is 6.92 Å². The van der Waals surface area contributed by atoms with Crippen LogP contribution >= 0.6 is 0 Å². The van der Waals surface area contributed by atoms with Gasteiger partial charge in [-0.3, -0.25) is 24.0 Å². The van der Waals surface area contributed by atoms with E-state index in [0.717, 1.165) is 41.6 Å². The zero-order chi connectivity index (χ0) is 38.3. The van der Waals surface area contributed by atoms with Crippen LogP contribution in [0.15, 0.2) is 46.1 Å². The van der Waals surface area contributed by atoms with Gasteiger partial charge < -0.3 is 18.9 Å². The van der Waals surface area contributed by atoms with Crippen LogP contribution in [0.1, 0.15) is 127 Å². The summed E-state index contributed by atoms with van der Waals surface area (Å²) in [6.07, 6.45) is 9.29. The molecule has 9 heteroatoms. The summed E-state index contributed by atoms with van der Waals surface area (Å²) < 4.78 is 24.4. The molecule has 5 aliphatic rings. The van der Waals surface area contributed by atoms with Crippen molar-refractivity contribution in [3.8, 4) is 0 Å². The number of hydrogen-bond acceptors (Lipinski definition) is 9. The lowest BCUT2D eigenvalue weighted by atomic mass is 9.53. The lowest BCUT2D eigenvalue weighted by molar-refractivity contribution is -0.166. The molecule has 9 atom stereocenters. The number of ketones is 3. The molecule has 2 saturated heterocycles. The highest BCUT2D eigenvalue weighted by molar-refractivity contribution is 6.02. The predicted molar refractivity (Wildman–Crippen MR) is 197 cm³/mol. The maximum absolute atomic E-state index is 14.8. The van der Waals surface area contributed by atoms with E-state index in [9.17, 15) is 24.0 Å². The maximum atomic E-state index is 14.8. The van der Waals surface area contributed by atoms with Gasteiger partial charge in [-0.05, 0) is 110 Å². The van der Waals surface area contributed by atoms with Crippen LogP contribution in [0.4, 0.5) is 0 Å². The Morgan fingerprint density at radius 2 is 1.60 bits per heavy atom. The number of hydrogen-bond donors (Lipinski definition) is 0. The first-order valence-electron chi connectivity index (χ1n) is 19.3. The number of esters is 2. The summed E-state index contributed by atoms with van der Waals surface area (Å²) in [5.41, 5.74) is 1.46. The van der Waals surface area contributed by atoms with Gasteiger partial charge in [-0.1, -0.05) is 42.7 Å². The van der Waals surface area contributed by atoms with E-state index in [-0.39, 0.29) is 60.3 Å². The van der Waals surface area contributed by atoms with Crippen LogP contribution < -0.4 is 0 Å². The van der Waals surface area contributed by atoms with Gasteiger partial charge in [0, 0.05) is 43.9 Å². The van der Waals surface area contributed by atoms with E-state index in [1.165, 1.54) is 14.0 Å². The van der Waals surface area contributed by atoms with Crippen LogP contribution in [0.25, 0.3) is 0 Å². The van der Waals surface area contributed by atoms with Crippen molar-refractivity contribution in [2.75, 3.05) is 7.11 Å². The molecule has 0 unspecified atom stereocenters. The van der Waals surface area contributed by atoms with Gasteiger partial charge in [-0.2, -0.15) is 0 Å². The molecule has 0 spiro atoms. The molecule has 0 radical (unpaired) electrons. The average Bonchev–Trinajstić information content (AvgIpc) is 3.93. The van der Waals surface area contributed by atoms with Crippen molar-refractivity contribution in [1.29, 1.82) is 0 Å². The Hall–Kier alpha value is -3.17. The molecule has 3 aliphatic carbocycles. The van der Waals surface area contributed by atoms with Crippen LogP contribution in [0.2, 0.25) is 0 Å².